The van der Waals surface area contributed by atoms with Crippen molar-refractivity contribution < 1.29 is 9.53 Å². The highest BCUT2D eigenvalue weighted by atomic mass is 16.5. The minimum Gasteiger partial charge on any atom is -0.465 e. The number of benzene rings is 1. The SMILES string of the molecule is C=CCCc1ccc2cc(C(=O)OC)cnc2c1. The Morgan fingerprint density at radius 3 is 3.00 bits per heavy atom. The summed E-state index contributed by atoms with van der Waals surface area (Å²) in [7, 11) is 1.37. The van der Waals surface area contributed by atoms with Crippen molar-refractivity contribution in [2.45, 2.75) is 12.8 Å². The van der Waals surface area contributed by atoms with Gasteiger partial charge in [0, 0.05) is 11.6 Å². The van der Waals surface area contributed by atoms with Gasteiger partial charge in [0.2, 0.25) is 0 Å². The van der Waals surface area contributed by atoms with E-state index >= 15 is 0 Å². The molecule has 3 heteroatoms. The maximum atomic E-state index is 11.4. The van der Waals surface area contributed by atoms with Gasteiger partial charge in [-0.2, -0.15) is 0 Å². The predicted octanol–water partition coefficient (Wildman–Crippen LogP) is 3.14. The maximum Gasteiger partial charge on any atom is 0.339 e. The number of methoxy groups -OCH3 is 1. The number of nitrogens with zero attached hydrogens (tertiary/aromatic N) is 1. The van der Waals surface area contributed by atoms with Gasteiger partial charge in [0.05, 0.1) is 18.2 Å². The van der Waals surface area contributed by atoms with Crippen LogP contribution in [0.1, 0.15) is 22.3 Å². The van der Waals surface area contributed by atoms with Crippen LogP contribution in [0.25, 0.3) is 10.9 Å². The lowest BCUT2D eigenvalue weighted by atomic mass is 10.1. The Morgan fingerprint density at radius 2 is 2.28 bits per heavy atom. The van der Waals surface area contributed by atoms with Gasteiger partial charge in [0.15, 0.2) is 0 Å². The van der Waals surface area contributed by atoms with Crippen molar-refractivity contribution >= 4 is 16.9 Å². The molecule has 0 aliphatic rings. The van der Waals surface area contributed by atoms with Crippen LogP contribution in [0.2, 0.25) is 0 Å². The third-order valence-corrected chi connectivity index (χ3v) is 2.81. The third-order valence-electron chi connectivity index (χ3n) is 2.81. The molecule has 0 saturated heterocycles. The molecular weight excluding hydrogens is 226 g/mol. The number of rotatable bonds is 4. The largest absolute Gasteiger partial charge is 0.465 e. The molecular formula is C15H15NO2. The smallest absolute Gasteiger partial charge is 0.339 e. The summed E-state index contributed by atoms with van der Waals surface area (Å²) in [4.78, 5) is 15.7. The van der Waals surface area contributed by atoms with E-state index in [4.69, 9.17) is 0 Å². The van der Waals surface area contributed by atoms with Gasteiger partial charge in [-0.1, -0.05) is 18.2 Å². The zero-order valence-electron chi connectivity index (χ0n) is 10.3. The van der Waals surface area contributed by atoms with Crippen LogP contribution in [0.4, 0.5) is 0 Å². The summed E-state index contributed by atoms with van der Waals surface area (Å²) in [6.45, 7) is 3.71. The molecule has 2 aromatic rings. The van der Waals surface area contributed by atoms with Gasteiger partial charge in [-0.05, 0) is 30.5 Å². The number of ether oxygens (including phenoxy) is 1. The second-order valence-corrected chi connectivity index (χ2v) is 4.07. The normalized spacial score (nSPS) is 10.3. The van der Waals surface area contributed by atoms with E-state index in [0.717, 1.165) is 23.7 Å². The summed E-state index contributed by atoms with van der Waals surface area (Å²) in [5.41, 5.74) is 2.59. The molecule has 0 unspecified atom stereocenters. The lowest BCUT2D eigenvalue weighted by Gasteiger charge is -2.04. The van der Waals surface area contributed by atoms with Crippen molar-refractivity contribution in [3.05, 3.63) is 54.2 Å². The van der Waals surface area contributed by atoms with Gasteiger partial charge in [-0.15, -0.1) is 6.58 Å². The fourth-order valence-electron chi connectivity index (χ4n) is 1.82. The fourth-order valence-corrected chi connectivity index (χ4v) is 1.82. The van der Waals surface area contributed by atoms with Crippen LogP contribution < -0.4 is 0 Å². The Kier molecular flexibility index (Phi) is 3.72. The van der Waals surface area contributed by atoms with E-state index in [0.29, 0.717) is 5.56 Å². The number of allylic oxidation sites excluding steroid dienone is 1. The molecule has 1 aromatic heterocycles. The molecule has 1 heterocycles. The van der Waals surface area contributed by atoms with E-state index in [2.05, 4.69) is 22.4 Å². The minimum atomic E-state index is -0.361. The number of aromatic nitrogens is 1. The summed E-state index contributed by atoms with van der Waals surface area (Å²) >= 11 is 0. The first-order valence-electron chi connectivity index (χ1n) is 5.82. The van der Waals surface area contributed by atoms with E-state index in [1.807, 2.05) is 18.2 Å². The van der Waals surface area contributed by atoms with Gasteiger partial charge in [-0.3, -0.25) is 4.98 Å². The van der Waals surface area contributed by atoms with E-state index in [-0.39, 0.29) is 5.97 Å². The first-order chi connectivity index (χ1) is 8.74. The van der Waals surface area contributed by atoms with E-state index < -0.39 is 0 Å². The number of carbonyl (C=O) groups excluding carboxylic acids is 1. The topological polar surface area (TPSA) is 39.2 Å². The second-order valence-electron chi connectivity index (χ2n) is 4.07. The van der Waals surface area contributed by atoms with Crippen LogP contribution in [-0.2, 0) is 11.2 Å². The molecule has 92 valence electrons. The van der Waals surface area contributed by atoms with Gasteiger partial charge in [-0.25, -0.2) is 4.79 Å². The van der Waals surface area contributed by atoms with Gasteiger partial charge in [0.1, 0.15) is 0 Å². The van der Waals surface area contributed by atoms with E-state index in [1.54, 1.807) is 12.3 Å². The number of hydrogen-bond donors (Lipinski definition) is 0. The molecule has 0 N–H and O–H groups in total. The van der Waals surface area contributed by atoms with E-state index in [9.17, 15) is 4.79 Å². The predicted molar refractivity (Wildman–Crippen MR) is 71.6 cm³/mol. The highest BCUT2D eigenvalue weighted by Gasteiger charge is 2.07. The Labute approximate surface area is 106 Å². The van der Waals surface area contributed by atoms with Gasteiger partial charge < -0.3 is 4.74 Å². The quantitative estimate of drug-likeness (QED) is 0.609. The summed E-state index contributed by atoms with van der Waals surface area (Å²) in [6.07, 6.45) is 5.36. The summed E-state index contributed by atoms with van der Waals surface area (Å²) < 4.78 is 4.67. The molecule has 0 aliphatic heterocycles. The zero-order valence-corrected chi connectivity index (χ0v) is 10.3. The highest BCUT2D eigenvalue weighted by Crippen LogP contribution is 2.17. The molecule has 0 aliphatic carbocycles. The van der Waals surface area contributed by atoms with Crippen LogP contribution >= 0.6 is 0 Å². The Balaban J connectivity index is 2.35. The molecule has 0 fully saturated rings. The molecule has 0 atom stereocenters. The maximum absolute atomic E-state index is 11.4. The van der Waals surface area contributed by atoms with Crippen molar-refractivity contribution in [3.63, 3.8) is 0 Å². The van der Waals surface area contributed by atoms with Crippen molar-refractivity contribution in [1.29, 1.82) is 0 Å². The Morgan fingerprint density at radius 1 is 1.44 bits per heavy atom. The van der Waals surface area contributed by atoms with Gasteiger partial charge in [0.25, 0.3) is 0 Å². The van der Waals surface area contributed by atoms with Crippen LogP contribution in [0.3, 0.4) is 0 Å². The van der Waals surface area contributed by atoms with E-state index in [1.165, 1.54) is 12.7 Å². The molecule has 1 aromatic carbocycles. The zero-order chi connectivity index (χ0) is 13.0. The number of esters is 1. The number of hydrogen-bond acceptors (Lipinski definition) is 3. The van der Waals surface area contributed by atoms with Crippen LogP contribution in [0, 0.1) is 0 Å². The molecule has 0 saturated carbocycles. The first-order valence-corrected chi connectivity index (χ1v) is 5.82. The summed E-state index contributed by atoms with van der Waals surface area (Å²) in [6, 6.07) is 7.87. The average molecular weight is 241 g/mol. The van der Waals surface area contributed by atoms with Crippen molar-refractivity contribution in [1.82, 2.24) is 4.98 Å². The average Bonchev–Trinajstić information content (AvgIpc) is 2.43. The molecule has 3 nitrogen and oxygen atoms in total. The first kappa shape index (κ1) is 12.3. The lowest BCUT2D eigenvalue weighted by Crippen LogP contribution is -2.01. The summed E-state index contributed by atoms with van der Waals surface area (Å²) in [5.74, 6) is -0.361. The van der Waals surface area contributed by atoms with Crippen LogP contribution in [0.5, 0.6) is 0 Å². The summed E-state index contributed by atoms with van der Waals surface area (Å²) in [5, 5.41) is 0.945. The molecule has 0 radical (unpaired) electrons. The minimum absolute atomic E-state index is 0.361. The second kappa shape index (κ2) is 5.45. The Hall–Kier alpha value is -2.16. The highest BCUT2D eigenvalue weighted by molar-refractivity contribution is 5.93. The molecule has 0 amide bonds. The number of aryl methyl sites for hydroxylation is 1. The lowest BCUT2D eigenvalue weighted by molar-refractivity contribution is 0.0600. The third kappa shape index (κ3) is 2.56. The number of pyridine rings is 1. The van der Waals surface area contributed by atoms with Crippen LogP contribution in [0.15, 0.2) is 43.1 Å². The van der Waals surface area contributed by atoms with Crippen molar-refractivity contribution in [3.8, 4) is 0 Å². The number of fused-ring (bicyclic) bond motifs is 1. The molecule has 0 bridgehead atoms. The monoisotopic (exact) mass is 241 g/mol. The van der Waals surface area contributed by atoms with Gasteiger partial charge >= 0.3 is 5.97 Å². The number of carbonyl (C=O) groups is 1. The fraction of sp³-hybridized carbons (Fsp3) is 0.200. The van der Waals surface area contributed by atoms with Crippen molar-refractivity contribution in [2.24, 2.45) is 0 Å². The molecule has 2 rings (SSSR count). The van der Waals surface area contributed by atoms with Crippen LogP contribution in [-0.4, -0.2) is 18.1 Å². The molecule has 0 spiro atoms. The Bertz CT molecular complexity index is 590. The van der Waals surface area contributed by atoms with Crippen molar-refractivity contribution in [2.75, 3.05) is 7.11 Å². The standard InChI is InChI=1S/C15H15NO2/c1-3-4-5-11-6-7-12-9-13(15(17)18-2)10-16-14(12)8-11/h3,6-10H,1,4-5H2,2H3. The molecule has 18 heavy (non-hydrogen) atoms.